The molecule has 0 aliphatic rings. The fraction of sp³-hybridized carbons (Fsp3) is 0.286. The second-order valence-corrected chi connectivity index (χ2v) is 4.82. The molecule has 0 bridgehead atoms. The van der Waals surface area contributed by atoms with Crippen LogP contribution in [0.5, 0.6) is 0 Å². The SMILES string of the molecule is Cc1cc(C)cc(CC(N)c2ccc(Cl)o2)c1. The van der Waals surface area contributed by atoms with Crippen molar-refractivity contribution in [1.29, 1.82) is 0 Å². The van der Waals surface area contributed by atoms with E-state index in [1.165, 1.54) is 16.7 Å². The summed E-state index contributed by atoms with van der Waals surface area (Å²) >= 11 is 5.74. The van der Waals surface area contributed by atoms with Gasteiger partial charge in [-0.05, 0) is 49.6 Å². The Bertz CT molecular complexity index is 498. The largest absolute Gasteiger partial charge is 0.448 e. The Balaban J connectivity index is 2.15. The van der Waals surface area contributed by atoms with E-state index in [9.17, 15) is 0 Å². The van der Waals surface area contributed by atoms with Gasteiger partial charge in [-0.3, -0.25) is 0 Å². The predicted molar refractivity (Wildman–Crippen MR) is 70.3 cm³/mol. The van der Waals surface area contributed by atoms with Gasteiger partial charge in [0.15, 0.2) is 5.22 Å². The summed E-state index contributed by atoms with van der Waals surface area (Å²) in [5, 5.41) is 0.385. The van der Waals surface area contributed by atoms with Crippen LogP contribution < -0.4 is 5.73 Å². The van der Waals surface area contributed by atoms with Crippen molar-refractivity contribution in [3.8, 4) is 0 Å². The molecular weight excluding hydrogens is 234 g/mol. The summed E-state index contributed by atoms with van der Waals surface area (Å²) in [6.45, 7) is 4.18. The highest BCUT2D eigenvalue weighted by atomic mass is 35.5. The maximum Gasteiger partial charge on any atom is 0.193 e. The van der Waals surface area contributed by atoms with Crippen molar-refractivity contribution < 1.29 is 4.42 Å². The lowest BCUT2D eigenvalue weighted by molar-refractivity contribution is 0.466. The molecule has 0 saturated carbocycles. The Morgan fingerprint density at radius 2 is 1.82 bits per heavy atom. The lowest BCUT2D eigenvalue weighted by Gasteiger charge is -2.10. The smallest absolute Gasteiger partial charge is 0.193 e. The molecule has 2 nitrogen and oxygen atoms in total. The summed E-state index contributed by atoms with van der Waals surface area (Å²) in [6, 6.07) is 9.85. The summed E-state index contributed by atoms with van der Waals surface area (Å²) < 4.78 is 5.32. The monoisotopic (exact) mass is 249 g/mol. The molecule has 0 aliphatic carbocycles. The van der Waals surface area contributed by atoms with E-state index < -0.39 is 0 Å². The normalized spacial score (nSPS) is 12.7. The molecule has 2 aromatic rings. The van der Waals surface area contributed by atoms with E-state index in [4.69, 9.17) is 21.8 Å². The third-order valence-corrected chi connectivity index (χ3v) is 2.90. The van der Waals surface area contributed by atoms with E-state index in [0.717, 1.165) is 12.2 Å². The molecule has 0 spiro atoms. The summed E-state index contributed by atoms with van der Waals surface area (Å²) in [7, 11) is 0. The van der Waals surface area contributed by atoms with Gasteiger partial charge in [0.05, 0.1) is 6.04 Å². The average molecular weight is 250 g/mol. The van der Waals surface area contributed by atoms with Crippen LogP contribution in [0.2, 0.25) is 5.22 Å². The summed E-state index contributed by atoms with van der Waals surface area (Å²) in [5.41, 5.74) is 9.82. The zero-order valence-corrected chi connectivity index (χ0v) is 10.8. The predicted octanol–water partition coefficient (Wildman–Crippen LogP) is 3.79. The maximum absolute atomic E-state index is 6.09. The van der Waals surface area contributed by atoms with Gasteiger partial charge in [0.1, 0.15) is 5.76 Å². The van der Waals surface area contributed by atoms with Crippen LogP contribution in [0.4, 0.5) is 0 Å². The van der Waals surface area contributed by atoms with Crippen molar-refractivity contribution >= 4 is 11.6 Å². The summed E-state index contributed by atoms with van der Waals surface area (Å²) in [5.74, 6) is 0.731. The Kier molecular flexibility index (Phi) is 3.55. The molecule has 1 unspecified atom stereocenters. The zero-order valence-electron chi connectivity index (χ0n) is 10.0. The van der Waals surface area contributed by atoms with Crippen LogP contribution >= 0.6 is 11.6 Å². The van der Waals surface area contributed by atoms with E-state index in [1.54, 1.807) is 6.07 Å². The molecule has 0 radical (unpaired) electrons. The molecule has 0 aliphatic heterocycles. The van der Waals surface area contributed by atoms with Gasteiger partial charge >= 0.3 is 0 Å². The Morgan fingerprint density at radius 3 is 2.35 bits per heavy atom. The van der Waals surface area contributed by atoms with Gasteiger partial charge in [0.25, 0.3) is 0 Å². The second-order valence-electron chi connectivity index (χ2n) is 4.45. The second kappa shape index (κ2) is 4.94. The highest BCUT2D eigenvalue weighted by Gasteiger charge is 2.11. The third-order valence-electron chi connectivity index (χ3n) is 2.70. The topological polar surface area (TPSA) is 39.2 Å². The number of halogens is 1. The fourth-order valence-corrected chi connectivity index (χ4v) is 2.22. The summed E-state index contributed by atoms with van der Waals surface area (Å²) in [4.78, 5) is 0. The van der Waals surface area contributed by atoms with Crippen LogP contribution in [0.1, 0.15) is 28.5 Å². The van der Waals surface area contributed by atoms with Crippen molar-refractivity contribution in [1.82, 2.24) is 0 Å². The molecule has 3 heteroatoms. The minimum absolute atomic E-state index is 0.149. The van der Waals surface area contributed by atoms with Gasteiger partial charge in [-0.15, -0.1) is 0 Å². The van der Waals surface area contributed by atoms with E-state index in [0.29, 0.717) is 5.22 Å². The molecule has 2 N–H and O–H groups in total. The maximum atomic E-state index is 6.09. The van der Waals surface area contributed by atoms with Gasteiger partial charge in [0.2, 0.25) is 0 Å². The quantitative estimate of drug-likeness (QED) is 0.899. The molecule has 0 saturated heterocycles. The zero-order chi connectivity index (χ0) is 12.4. The minimum Gasteiger partial charge on any atom is -0.448 e. The number of rotatable bonds is 3. The molecule has 2 rings (SSSR count). The molecule has 0 amide bonds. The molecule has 1 atom stereocenters. The molecule has 1 aromatic carbocycles. The standard InChI is InChI=1S/C14H16ClNO/c1-9-5-10(2)7-11(6-9)8-12(16)13-3-4-14(15)17-13/h3-7,12H,8,16H2,1-2H3. The van der Waals surface area contributed by atoms with Crippen LogP contribution in [0, 0.1) is 13.8 Å². The van der Waals surface area contributed by atoms with Crippen molar-refractivity contribution in [3.05, 3.63) is 58.0 Å². The van der Waals surface area contributed by atoms with Crippen molar-refractivity contribution in [2.75, 3.05) is 0 Å². The first-order valence-corrected chi connectivity index (χ1v) is 6.00. The molecule has 0 fully saturated rings. The number of furan rings is 1. The number of aryl methyl sites for hydroxylation is 2. The first kappa shape index (κ1) is 12.2. The van der Waals surface area contributed by atoms with E-state index >= 15 is 0 Å². The van der Waals surface area contributed by atoms with Crippen LogP contribution in [0.3, 0.4) is 0 Å². The van der Waals surface area contributed by atoms with Gasteiger partial charge in [-0.25, -0.2) is 0 Å². The number of benzene rings is 1. The number of nitrogens with two attached hydrogens (primary N) is 1. The van der Waals surface area contributed by atoms with Gasteiger partial charge in [-0.1, -0.05) is 29.3 Å². The molecule has 1 aromatic heterocycles. The van der Waals surface area contributed by atoms with E-state index in [1.807, 2.05) is 6.07 Å². The van der Waals surface area contributed by atoms with Gasteiger partial charge in [-0.2, -0.15) is 0 Å². The van der Waals surface area contributed by atoms with Crippen molar-refractivity contribution in [3.63, 3.8) is 0 Å². The number of hydrogen-bond acceptors (Lipinski definition) is 2. The van der Waals surface area contributed by atoms with Gasteiger partial charge in [0, 0.05) is 0 Å². The average Bonchev–Trinajstić information content (AvgIpc) is 2.63. The number of hydrogen-bond donors (Lipinski definition) is 1. The van der Waals surface area contributed by atoms with Crippen LogP contribution in [0.25, 0.3) is 0 Å². The lowest BCUT2D eigenvalue weighted by Crippen LogP contribution is -2.12. The van der Waals surface area contributed by atoms with Crippen LogP contribution in [-0.2, 0) is 6.42 Å². The van der Waals surface area contributed by atoms with E-state index in [2.05, 4.69) is 32.0 Å². The molecule has 17 heavy (non-hydrogen) atoms. The minimum atomic E-state index is -0.149. The van der Waals surface area contributed by atoms with Gasteiger partial charge < -0.3 is 10.2 Å². The lowest BCUT2D eigenvalue weighted by atomic mass is 10.0. The molecular formula is C14H16ClNO. The Hall–Kier alpha value is -1.25. The highest BCUT2D eigenvalue weighted by Crippen LogP contribution is 2.22. The highest BCUT2D eigenvalue weighted by molar-refractivity contribution is 6.28. The van der Waals surface area contributed by atoms with Crippen LogP contribution in [-0.4, -0.2) is 0 Å². The fourth-order valence-electron chi connectivity index (χ4n) is 2.07. The summed E-state index contributed by atoms with van der Waals surface area (Å²) in [6.07, 6.45) is 0.756. The first-order valence-electron chi connectivity index (χ1n) is 5.62. The van der Waals surface area contributed by atoms with E-state index in [-0.39, 0.29) is 6.04 Å². The molecule has 1 heterocycles. The first-order chi connectivity index (χ1) is 8.04. The van der Waals surface area contributed by atoms with Crippen LogP contribution in [0.15, 0.2) is 34.7 Å². The third kappa shape index (κ3) is 3.11. The van der Waals surface area contributed by atoms with Crippen molar-refractivity contribution in [2.45, 2.75) is 26.3 Å². The van der Waals surface area contributed by atoms with Crippen molar-refractivity contribution in [2.24, 2.45) is 5.73 Å². The Labute approximate surface area is 106 Å². The Morgan fingerprint density at radius 1 is 1.18 bits per heavy atom. The molecule has 90 valence electrons.